The van der Waals surface area contributed by atoms with Crippen molar-refractivity contribution in [2.45, 2.75) is 51.2 Å². The van der Waals surface area contributed by atoms with Crippen LogP contribution in [0, 0.1) is 5.92 Å². The van der Waals surface area contributed by atoms with Crippen LogP contribution in [0.1, 0.15) is 58.9 Å². The zero-order chi connectivity index (χ0) is 21.6. The number of carbonyl (C=O) groups excluding carboxylic acids is 4. The van der Waals surface area contributed by atoms with E-state index in [1.54, 1.807) is 30.0 Å². The summed E-state index contributed by atoms with van der Waals surface area (Å²) in [5.74, 6) is -3.05. The highest BCUT2D eigenvalue weighted by Gasteiger charge is 2.42. The van der Waals surface area contributed by atoms with E-state index in [1.807, 2.05) is 0 Å². The number of likely N-dealkylation sites (tertiary alicyclic amines) is 1. The van der Waals surface area contributed by atoms with Gasteiger partial charge in [-0.25, -0.2) is 0 Å². The number of nitrogens with zero attached hydrogens (tertiary/aromatic N) is 2. The van der Waals surface area contributed by atoms with Gasteiger partial charge in [0.15, 0.2) is 0 Å². The smallest absolute Gasteiger partial charge is 0.308 e. The molecule has 9 heteroatoms. The highest BCUT2D eigenvalue weighted by Crippen LogP contribution is 2.32. The Morgan fingerprint density at radius 3 is 2.63 bits per heavy atom. The second-order valence-electron chi connectivity index (χ2n) is 8.06. The zero-order valence-electron chi connectivity index (χ0n) is 16.6. The predicted octanol–water partition coefficient (Wildman–Crippen LogP) is 0.773. The van der Waals surface area contributed by atoms with Crippen LogP contribution in [0.5, 0.6) is 0 Å². The largest absolute Gasteiger partial charge is 0.481 e. The van der Waals surface area contributed by atoms with Crippen molar-refractivity contribution < 1.29 is 29.1 Å². The number of fused-ring (bicyclic) bond motifs is 1. The van der Waals surface area contributed by atoms with Gasteiger partial charge in [0, 0.05) is 36.7 Å². The number of carboxylic acid groups (broad SMARTS) is 1. The molecule has 1 aromatic carbocycles. The van der Waals surface area contributed by atoms with Gasteiger partial charge < -0.3 is 14.9 Å². The topological polar surface area (TPSA) is 124 Å². The normalized spacial score (nSPS) is 26.4. The Hall–Kier alpha value is -3.23. The minimum absolute atomic E-state index is 0.104. The first kappa shape index (κ1) is 20.1. The molecule has 2 fully saturated rings. The van der Waals surface area contributed by atoms with Gasteiger partial charge in [-0.3, -0.25) is 29.3 Å². The number of hydrogen-bond acceptors (Lipinski definition) is 5. The van der Waals surface area contributed by atoms with Crippen molar-refractivity contribution in [3.05, 3.63) is 34.9 Å². The lowest BCUT2D eigenvalue weighted by Crippen LogP contribution is -2.52. The van der Waals surface area contributed by atoms with Gasteiger partial charge in [0.2, 0.25) is 11.8 Å². The molecule has 0 aliphatic carbocycles. The van der Waals surface area contributed by atoms with E-state index < -0.39 is 29.9 Å². The second kappa shape index (κ2) is 7.55. The molecule has 0 saturated carbocycles. The molecule has 2 saturated heterocycles. The molecule has 3 aliphatic rings. The van der Waals surface area contributed by atoms with Gasteiger partial charge in [0.1, 0.15) is 6.04 Å². The van der Waals surface area contributed by atoms with Crippen LogP contribution in [0.2, 0.25) is 0 Å². The third-order valence-electron chi connectivity index (χ3n) is 6.38. The third-order valence-corrected chi connectivity index (χ3v) is 6.38. The molecular weight excluding hydrogens is 390 g/mol. The van der Waals surface area contributed by atoms with Gasteiger partial charge in [-0.15, -0.1) is 0 Å². The van der Waals surface area contributed by atoms with E-state index in [1.165, 1.54) is 4.90 Å². The van der Waals surface area contributed by atoms with E-state index in [9.17, 15) is 29.1 Å². The molecule has 4 rings (SSSR count). The molecule has 0 radical (unpaired) electrons. The van der Waals surface area contributed by atoms with E-state index in [4.69, 9.17) is 0 Å². The monoisotopic (exact) mass is 413 g/mol. The Labute approximate surface area is 173 Å². The number of carboxylic acids is 1. The van der Waals surface area contributed by atoms with E-state index >= 15 is 0 Å². The number of piperidine rings is 2. The zero-order valence-corrected chi connectivity index (χ0v) is 16.6. The fraction of sp³-hybridized carbons (Fsp3) is 0.476. The molecule has 4 amide bonds. The van der Waals surface area contributed by atoms with Gasteiger partial charge in [0.25, 0.3) is 11.8 Å². The molecule has 2 N–H and O–H groups in total. The minimum Gasteiger partial charge on any atom is -0.481 e. The summed E-state index contributed by atoms with van der Waals surface area (Å²) in [5, 5.41) is 11.7. The van der Waals surface area contributed by atoms with Crippen LogP contribution in [0.15, 0.2) is 18.2 Å². The van der Waals surface area contributed by atoms with Crippen molar-refractivity contribution in [3.8, 4) is 0 Å². The lowest BCUT2D eigenvalue weighted by molar-refractivity contribution is -0.145. The summed E-state index contributed by atoms with van der Waals surface area (Å²) in [6.07, 6.45) is 1.53. The number of nitrogens with one attached hydrogen (secondary N) is 1. The maximum atomic E-state index is 13.3. The lowest BCUT2D eigenvalue weighted by Gasteiger charge is -2.37. The number of aliphatic carboxylic acids is 1. The Kier molecular flexibility index (Phi) is 5.05. The van der Waals surface area contributed by atoms with Gasteiger partial charge in [-0.1, -0.05) is 6.07 Å². The molecule has 0 bridgehead atoms. The first-order valence-electron chi connectivity index (χ1n) is 10.1. The maximum Gasteiger partial charge on any atom is 0.308 e. The molecule has 1 unspecified atom stereocenters. The van der Waals surface area contributed by atoms with Crippen LogP contribution in [-0.2, 0) is 20.9 Å². The minimum atomic E-state index is -0.919. The van der Waals surface area contributed by atoms with Gasteiger partial charge in [-0.2, -0.15) is 0 Å². The highest BCUT2D eigenvalue weighted by atomic mass is 16.4. The van der Waals surface area contributed by atoms with Crippen molar-refractivity contribution >= 4 is 29.6 Å². The maximum absolute atomic E-state index is 13.3. The predicted molar refractivity (Wildman–Crippen MR) is 103 cm³/mol. The second-order valence-corrected chi connectivity index (χ2v) is 8.06. The number of rotatable bonds is 3. The van der Waals surface area contributed by atoms with Crippen LogP contribution in [0.4, 0.5) is 0 Å². The van der Waals surface area contributed by atoms with Crippen molar-refractivity contribution in [2.24, 2.45) is 5.92 Å². The fourth-order valence-corrected chi connectivity index (χ4v) is 4.70. The van der Waals surface area contributed by atoms with Crippen LogP contribution in [-0.4, -0.2) is 63.1 Å². The van der Waals surface area contributed by atoms with Gasteiger partial charge in [-0.05, 0) is 43.9 Å². The summed E-state index contributed by atoms with van der Waals surface area (Å²) in [4.78, 5) is 64.4. The summed E-state index contributed by atoms with van der Waals surface area (Å²) in [5.41, 5.74) is 1.26. The molecule has 30 heavy (non-hydrogen) atoms. The Morgan fingerprint density at radius 1 is 1.17 bits per heavy atom. The van der Waals surface area contributed by atoms with E-state index in [-0.39, 0.29) is 37.1 Å². The number of amides is 4. The summed E-state index contributed by atoms with van der Waals surface area (Å²) in [7, 11) is 0. The Balaban J connectivity index is 1.61. The Bertz CT molecular complexity index is 958. The van der Waals surface area contributed by atoms with Crippen LogP contribution in [0.3, 0.4) is 0 Å². The van der Waals surface area contributed by atoms with Crippen molar-refractivity contribution in [1.82, 2.24) is 15.1 Å². The standard InChI is InChI=1S/C21H23N3O6/c1-11-12(21(29)30)6-3-9-23(11)19(27)13-4-2-5-14-15(13)10-24(20(14)28)16-7-8-17(25)22-18(16)26/h2,4-5,11-12,16H,3,6-10H2,1H3,(H,29,30)(H,22,25,26)/t11-,12-,16?/m1/s1. The van der Waals surface area contributed by atoms with Gasteiger partial charge >= 0.3 is 5.97 Å². The van der Waals surface area contributed by atoms with E-state index in [2.05, 4.69) is 5.32 Å². The average Bonchev–Trinajstić information content (AvgIpc) is 3.04. The molecule has 158 valence electrons. The Morgan fingerprint density at radius 2 is 1.93 bits per heavy atom. The molecule has 0 spiro atoms. The summed E-state index contributed by atoms with van der Waals surface area (Å²) in [6.45, 7) is 2.30. The molecular formula is C21H23N3O6. The highest BCUT2D eigenvalue weighted by molar-refractivity contribution is 6.07. The van der Waals surface area contributed by atoms with Gasteiger partial charge in [0.05, 0.1) is 5.92 Å². The van der Waals surface area contributed by atoms with Crippen molar-refractivity contribution in [1.29, 1.82) is 0 Å². The summed E-state index contributed by atoms with van der Waals surface area (Å²) >= 11 is 0. The molecule has 3 aliphatic heterocycles. The number of benzene rings is 1. The molecule has 9 nitrogen and oxygen atoms in total. The first-order valence-corrected chi connectivity index (χ1v) is 10.1. The molecule has 0 aromatic heterocycles. The number of carbonyl (C=O) groups is 5. The molecule has 3 atom stereocenters. The van der Waals surface area contributed by atoms with E-state index in [0.29, 0.717) is 36.1 Å². The molecule has 1 aromatic rings. The summed E-state index contributed by atoms with van der Waals surface area (Å²) in [6, 6.07) is 3.68. The summed E-state index contributed by atoms with van der Waals surface area (Å²) < 4.78 is 0. The van der Waals surface area contributed by atoms with Crippen LogP contribution in [0.25, 0.3) is 0 Å². The van der Waals surface area contributed by atoms with Crippen LogP contribution >= 0.6 is 0 Å². The van der Waals surface area contributed by atoms with E-state index in [0.717, 1.165) is 0 Å². The number of imide groups is 1. The fourth-order valence-electron chi connectivity index (χ4n) is 4.70. The number of hydrogen-bond donors (Lipinski definition) is 2. The van der Waals surface area contributed by atoms with Crippen molar-refractivity contribution in [2.75, 3.05) is 6.54 Å². The van der Waals surface area contributed by atoms with Crippen LogP contribution < -0.4 is 5.32 Å². The lowest BCUT2D eigenvalue weighted by atomic mass is 9.89. The van der Waals surface area contributed by atoms with Crippen molar-refractivity contribution in [3.63, 3.8) is 0 Å². The SMILES string of the molecule is C[C@@H]1[C@H](C(=O)O)CCCN1C(=O)c1cccc2c1CN(C1CCC(=O)NC1=O)C2=O. The third kappa shape index (κ3) is 3.24. The molecule has 3 heterocycles. The quantitative estimate of drug-likeness (QED) is 0.706. The first-order chi connectivity index (χ1) is 14.3. The average molecular weight is 413 g/mol.